The van der Waals surface area contributed by atoms with Crippen LogP contribution in [-0.2, 0) is 9.59 Å². The topological polar surface area (TPSA) is 66.8 Å². The molecule has 1 unspecified atom stereocenters. The van der Waals surface area contributed by atoms with Crippen molar-refractivity contribution in [2.24, 2.45) is 0 Å². The van der Waals surface area contributed by atoms with E-state index in [-0.39, 0.29) is 16.9 Å². The number of ketones is 1. The van der Waals surface area contributed by atoms with Crippen LogP contribution in [0.1, 0.15) is 48.1 Å². The molecule has 0 spiro atoms. The fourth-order valence-corrected chi connectivity index (χ4v) is 3.87. The van der Waals surface area contributed by atoms with Crippen LogP contribution >= 0.6 is 0 Å². The minimum atomic E-state index is -0.973. The van der Waals surface area contributed by atoms with Gasteiger partial charge in [-0.15, -0.1) is 0 Å². The van der Waals surface area contributed by atoms with Crippen LogP contribution in [0.2, 0.25) is 0 Å². The molecule has 0 aliphatic carbocycles. The zero-order valence-corrected chi connectivity index (χ0v) is 17.7. The van der Waals surface area contributed by atoms with Crippen molar-refractivity contribution in [3.8, 4) is 5.75 Å². The molecule has 3 rings (SSSR count). The number of hydrogen-bond donors (Lipinski definition) is 1. The summed E-state index contributed by atoms with van der Waals surface area (Å²) in [5, 5.41) is 11.2. The average molecular weight is 411 g/mol. The van der Waals surface area contributed by atoms with Gasteiger partial charge in [0.25, 0.3) is 11.7 Å². The van der Waals surface area contributed by atoms with E-state index in [1.807, 2.05) is 13.8 Å². The highest BCUT2D eigenvalue weighted by molar-refractivity contribution is 6.46. The molecule has 0 bridgehead atoms. The number of unbranched alkanes of at least 4 members (excludes halogenated alkanes) is 1. The zero-order valence-electron chi connectivity index (χ0n) is 17.7. The molecular weight excluding hydrogens is 385 g/mol. The van der Waals surface area contributed by atoms with Gasteiger partial charge in [-0.1, -0.05) is 31.5 Å². The largest absolute Gasteiger partial charge is 0.507 e. The number of aliphatic hydroxyl groups is 1. The first-order chi connectivity index (χ1) is 14.3. The Hall–Kier alpha value is -3.15. The molecule has 1 fully saturated rings. The van der Waals surface area contributed by atoms with Crippen molar-refractivity contribution in [1.82, 2.24) is 4.90 Å². The van der Waals surface area contributed by atoms with Gasteiger partial charge in [-0.05, 0) is 49.6 Å². The van der Waals surface area contributed by atoms with E-state index in [1.54, 1.807) is 44.4 Å². The number of halogens is 1. The molecular formula is C24H26FNO4. The van der Waals surface area contributed by atoms with Crippen LogP contribution in [0.3, 0.4) is 0 Å². The molecule has 1 aliphatic heterocycles. The Morgan fingerprint density at radius 1 is 1.17 bits per heavy atom. The van der Waals surface area contributed by atoms with E-state index in [0.29, 0.717) is 29.8 Å². The van der Waals surface area contributed by atoms with Gasteiger partial charge in [0.15, 0.2) is 0 Å². The fraction of sp³-hybridized carbons (Fsp3) is 0.333. The van der Waals surface area contributed by atoms with E-state index in [4.69, 9.17) is 4.74 Å². The Kier molecular flexibility index (Phi) is 6.25. The lowest BCUT2D eigenvalue weighted by Gasteiger charge is -2.25. The minimum Gasteiger partial charge on any atom is -0.507 e. The number of aryl methyl sites for hydroxylation is 2. The molecule has 6 heteroatoms. The summed E-state index contributed by atoms with van der Waals surface area (Å²) < 4.78 is 20.0. The first-order valence-electron chi connectivity index (χ1n) is 10.00. The number of carbonyl (C=O) groups excluding carboxylic acids is 2. The molecule has 0 aromatic heterocycles. The molecule has 5 nitrogen and oxygen atoms in total. The monoisotopic (exact) mass is 411 g/mol. The van der Waals surface area contributed by atoms with Crippen molar-refractivity contribution in [1.29, 1.82) is 0 Å². The molecule has 30 heavy (non-hydrogen) atoms. The number of likely N-dealkylation sites (tertiary alicyclic amines) is 1. The highest BCUT2D eigenvalue weighted by atomic mass is 19.1. The number of amides is 1. The normalized spacial score (nSPS) is 18.2. The Labute approximate surface area is 175 Å². The molecule has 1 atom stereocenters. The smallest absolute Gasteiger partial charge is 0.295 e. The van der Waals surface area contributed by atoms with Crippen molar-refractivity contribution >= 4 is 17.4 Å². The number of Topliss-reactive ketones (excluding diaryl/α,β-unsaturated/α-hetero) is 1. The summed E-state index contributed by atoms with van der Waals surface area (Å²) in [5.74, 6) is -1.70. The Balaban J connectivity index is 2.24. The van der Waals surface area contributed by atoms with Crippen molar-refractivity contribution < 1.29 is 23.8 Å². The van der Waals surface area contributed by atoms with Gasteiger partial charge in [-0.2, -0.15) is 0 Å². The Bertz CT molecular complexity index is 1030. The number of hydrogen-bond acceptors (Lipinski definition) is 4. The summed E-state index contributed by atoms with van der Waals surface area (Å²) in [6.07, 6.45) is 1.47. The summed E-state index contributed by atoms with van der Waals surface area (Å²) in [7, 11) is 1.55. The SMILES string of the molecule is CCCCN1C(=O)C(=O)/C(=C(/O)c2cc(C)c(OC)cc2C)C1c1ccccc1F. The minimum absolute atomic E-state index is 0.0890. The highest BCUT2D eigenvalue weighted by Crippen LogP contribution is 2.41. The molecule has 0 saturated carbocycles. The maximum Gasteiger partial charge on any atom is 0.295 e. The maximum absolute atomic E-state index is 14.7. The van der Waals surface area contributed by atoms with E-state index in [0.717, 1.165) is 12.0 Å². The lowest BCUT2D eigenvalue weighted by Crippen LogP contribution is -2.31. The summed E-state index contributed by atoms with van der Waals surface area (Å²) in [4.78, 5) is 27.1. The van der Waals surface area contributed by atoms with Crippen LogP contribution in [-0.4, -0.2) is 35.4 Å². The summed E-state index contributed by atoms with van der Waals surface area (Å²) in [6.45, 7) is 5.88. The first-order valence-corrected chi connectivity index (χ1v) is 10.00. The predicted molar refractivity (Wildman–Crippen MR) is 113 cm³/mol. The van der Waals surface area contributed by atoms with Crippen molar-refractivity contribution in [2.75, 3.05) is 13.7 Å². The van der Waals surface area contributed by atoms with Crippen molar-refractivity contribution in [3.63, 3.8) is 0 Å². The number of ether oxygens (including phenoxy) is 1. The van der Waals surface area contributed by atoms with Gasteiger partial charge in [0.05, 0.1) is 18.7 Å². The third-order valence-electron chi connectivity index (χ3n) is 5.49. The highest BCUT2D eigenvalue weighted by Gasteiger charge is 2.46. The molecule has 1 amide bonds. The van der Waals surface area contributed by atoms with Gasteiger partial charge in [0.1, 0.15) is 17.3 Å². The summed E-state index contributed by atoms with van der Waals surface area (Å²) >= 11 is 0. The van der Waals surface area contributed by atoms with Crippen molar-refractivity contribution in [2.45, 2.75) is 39.7 Å². The molecule has 2 aromatic carbocycles. The number of methoxy groups -OCH3 is 1. The van der Waals surface area contributed by atoms with Crippen molar-refractivity contribution in [3.05, 3.63) is 70.0 Å². The molecule has 1 aliphatic rings. The molecule has 2 aromatic rings. The average Bonchev–Trinajstić information content (AvgIpc) is 2.98. The lowest BCUT2D eigenvalue weighted by molar-refractivity contribution is -0.139. The van der Waals surface area contributed by atoms with E-state index in [2.05, 4.69) is 0 Å². The van der Waals surface area contributed by atoms with Gasteiger partial charge in [0.2, 0.25) is 0 Å². The second-order valence-electron chi connectivity index (χ2n) is 7.50. The van der Waals surface area contributed by atoms with E-state index >= 15 is 0 Å². The van der Waals surface area contributed by atoms with Gasteiger partial charge in [-0.3, -0.25) is 9.59 Å². The van der Waals surface area contributed by atoms with Crippen LogP contribution in [0, 0.1) is 19.7 Å². The van der Waals surface area contributed by atoms with Crippen LogP contribution in [0.4, 0.5) is 4.39 Å². The number of aliphatic hydroxyl groups excluding tert-OH is 1. The van der Waals surface area contributed by atoms with Gasteiger partial charge in [-0.25, -0.2) is 4.39 Å². The molecule has 158 valence electrons. The van der Waals surface area contributed by atoms with E-state index in [1.165, 1.54) is 11.0 Å². The molecule has 1 heterocycles. The Morgan fingerprint density at radius 2 is 1.87 bits per heavy atom. The molecule has 1 N–H and O–H groups in total. The molecule has 0 radical (unpaired) electrons. The second-order valence-corrected chi connectivity index (χ2v) is 7.50. The first kappa shape index (κ1) is 21.6. The van der Waals surface area contributed by atoms with E-state index in [9.17, 15) is 19.1 Å². The summed E-state index contributed by atoms with van der Waals surface area (Å²) in [6, 6.07) is 8.54. The Morgan fingerprint density at radius 3 is 2.50 bits per heavy atom. The quantitative estimate of drug-likeness (QED) is 0.426. The fourth-order valence-electron chi connectivity index (χ4n) is 3.87. The molecule has 1 saturated heterocycles. The third-order valence-corrected chi connectivity index (χ3v) is 5.49. The number of benzene rings is 2. The lowest BCUT2D eigenvalue weighted by atomic mass is 9.92. The van der Waals surface area contributed by atoms with Gasteiger partial charge >= 0.3 is 0 Å². The van der Waals surface area contributed by atoms with E-state index < -0.39 is 23.5 Å². The number of rotatable bonds is 6. The van der Waals surface area contributed by atoms with Gasteiger partial charge in [0, 0.05) is 17.7 Å². The maximum atomic E-state index is 14.7. The van der Waals surface area contributed by atoms with Crippen LogP contribution < -0.4 is 4.74 Å². The zero-order chi connectivity index (χ0) is 22.0. The standard InChI is InChI=1S/C24H26FNO4/c1-5-6-11-26-21(16-9-7-8-10-18(16)25)20(23(28)24(26)29)22(27)17-12-15(3)19(30-4)13-14(17)2/h7-10,12-13,21,27H,5-6,11H2,1-4H3/b22-20+. The summed E-state index contributed by atoms with van der Waals surface area (Å²) in [5.41, 5.74) is 1.98. The number of carbonyl (C=O) groups is 2. The van der Waals surface area contributed by atoms with Crippen LogP contribution in [0.15, 0.2) is 42.0 Å². The third kappa shape index (κ3) is 3.70. The number of nitrogens with zero attached hydrogens (tertiary/aromatic N) is 1. The van der Waals surface area contributed by atoms with Gasteiger partial charge < -0.3 is 14.7 Å². The predicted octanol–water partition coefficient (Wildman–Crippen LogP) is 4.67. The van der Waals surface area contributed by atoms with Crippen LogP contribution in [0.25, 0.3) is 5.76 Å². The van der Waals surface area contributed by atoms with Crippen LogP contribution in [0.5, 0.6) is 5.75 Å². The second kappa shape index (κ2) is 8.69.